The van der Waals surface area contributed by atoms with Crippen LogP contribution in [-0.2, 0) is 4.79 Å². The molecule has 2 saturated heterocycles. The topological polar surface area (TPSA) is 56.1 Å². The molecule has 3 aliphatic heterocycles. The zero-order valence-electron chi connectivity index (χ0n) is 15.2. The van der Waals surface area contributed by atoms with Crippen LogP contribution in [0, 0.1) is 5.82 Å². The van der Waals surface area contributed by atoms with Crippen LogP contribution >= 0.6 is 11.8 Å². The van der Waals surface area contributed by atoms with Gasteiger partial charge in [-0.25, -0.2) is 4.39 Å². The number of nitrogens with zero attached hydrogens (tertiary/aromatic N) is 3. The number of rotatable bonds is 2. The van der Waals surface area contributed by atoms with Crippen LogP contribution in [0.5, 0.6) is 5.75 Å². The van der Waals surface area contributed by atoms with Gasteiger partial charge >= 0.3 is 0 Å². The second kappa shape index (κ2) is 8.02. The van der Waals surface area contributed by atoms with E-state index in [0.717, 1.165) is 31.1 Å². The molecule has 1 aromatic carbocycles. The Labute approximate surface area is 162 Å². The maximum absolute atomic E-state index is 13.4. The minimum absolute atomic E-state index is 0.0481. The van der Waals surface area contributed by atoms with Gasteiger partial charge in [-0.3, -0.25) is 4.79 Å². The second-order valence-electron chi connectivity index (χ2n) is 7.33. The van der Waals surface area contributed by atoms with Crippen molar-refractivity contribution in [3.63, 3.8) is 0 Å². The van der Waals surface area contributed by atoms with E-state index >= 15 is 0 Å². The number of thioether (sulfide) groups is 1. The second-order valence-corrected chi connectivity index (χ2v) is 8.34. The number of benzene rings is 1. The average Bonchev–Trinajstić information content (AvgIpc) is 3.06. The molecule has 3 heterocycles. The van der Waals surface area contributed by atoms with Crippen molar-refractivity contribution in [3.8, 4) is 5.75 Å². The Bertz CT molecular complexity index is 781. The lowest BCUT2D eigenvalue weighted by atomic mass is 10.0. The van der Waals surface area contributed by atoms with E-state index in [-0.39, 0.29) is 11.7 Å². The van der Waals surface area contributed by atoms with Gasteiger partial charge in [0.05, 0.1) is 4.91 Å². The van der Waals surface area contributed by atoms with E-state index in [4.69, 9.17) is 0 Å². The van der Waals surface area contributed by atoms with Crippen LogP contribution in [0.15, 0.2) is 28.1 Å². The highest BCUT2D eigenvalue weighted by Crippen LogP contribution is 2.33. The summed E-state index contributed by atoms with van der Waals surface area (Å²) in [4.78, 5) is 21.7. The lowest BCUT2D eigenvalue weighted by Crippen LogP contribution is -2.47. The SMILES string of the molecule is O=C1N=C(N2CCC(N3CCCCC3)CC2)S/C1=C\c1cc(F)ccc1O. The summed E-state index contributed by atoms with van der Waals surface area (Å²) in [6.07, 6.45) is 7.66. The summed E-state index contributed by atoms with van der Waals surface area (Å²) in [7, 11) is 0. The molecule has 0 spiro atoms. The molecule has 0 radical (unpaired) electrons. The van der Waals surface area contributed by atoms with E-state index in [1.807, 2.05) is 0 Å². The van der Waals surface area contributed by atoms with Crippen LogP contribution in [-0.4, -0.2) is 58.2 Å². The third-order valence-electron chi connectivity index (χ3n) is 5.53. The fraction of sp³-hybridized carbons (Fsp3) is 0.500. The van der Waals surface area contributed by atoms with Gasteiger partial charge in [0.2, 0.25) is 0 Å². The number of hydrogen-bond donors (Lipinski definition) is 1. The van der Waals surface area contributed by atoms with Crippen LogP contribution in [0.2, 0.25) is 0 Å². The molecule has 1 N–H and O–H groups in total. The predicted molar refractivity (Wildman–Crippen MR) is 106 cm³/mol. The van der Waals surface area contributed by atoms with Crippen LogP contribution in [0.4, 0.5) is 4.39 Å². The Balaban J connectivity index is 1.38. The van der Waals surface area contributed by atoms with E-state index < -0.39 is 5.82 Å². The molecule has 144 valence electrons. The highest BCUT2D eigenvalue weighted by molar-refractivity contribution is 8.18. The van der Waals surface area contributed by atoms with Crippen LogP contribution in [0.1, 0.15) is 37.7 Å². The molecule has 1 amide bonds. The van der Waals surface area contributed by atoms with Crippen molar-refractivity contribution in [2.45, 2.75) is 38.1 Å². The highest BCUT2D eigenvalue weighted by atomic mass is 32.2. The summed E-state index contributed by atoms with van der Waals surface area (Å²) < 4.78 is 13.4. The van der Waals surface area contributed by atoms with E-state index in [2.05, 4.69) is 14.8 Å². The number of phenols is 1. The normalized spacial score (nSPS) is 23.9. The summed E-state index contributed by atoms with van der Waals surface area (Å²) in [6, 6.07) is 4.34. The summed E-state index contributed by atoms with van der Waals surface area (Å²) in [5.41, 5.74) is 0.297. The van der Waals surface area contributed by atoms with Gasteiger partial charge in [-0.2, -0.15) is 4.99 Å². The number of likely N-dealkylation sites (tertiary alicyclic amines) is 2. The number of phenolic OH excluding ortho intramolecular Hbond substituents is 1. The molecule has 0 bridgehead atoms. The van der Waals surface area contributed by atoms with Gasteiger partial charge in [0.25, 0.3) is 5.91 Å². The number of carbonyl (C=O) groups is 1. The van der Waals surface area contributed by atoms with Gasteiger partial charge in [-0.05, 0) is 74.8 Å². The fourth-order valence-corrected chi connectivity index (χ4v) is 4.98. The third kappa shape index (κ3) is 4.19. The van der Waals surface area contributed by atoms with E-state index in [1.54, 1.807) is 0 Å². The number of hydrogen-bond acceptors (Lipinski definition) is 5. The summed E-state index contributed by atoms with van der Waals surface area (Å²) >= 11 is 1.31. The van der Waals surface area contributed by atoms with Crippen LogP contribution in [0.25, 0.3) is 6.08 Å². The maximum Gasteiger partial charge on any atom is 0.286 e. The molecule has 0 aliphatic carbocycles. The minimum Gasteiger partial charge on any atom is -0.507 e. The van der Waals surface area contributed by atoms with Crippen molar-refractivity contribution in [2.24, 2.45) is 4.99 Å². The molecule has 27 heavy (non-hydrogen) atoms. The van der Waals surface area contributed by atoms with E-state index in [1.165, 1.54) is 68.4 Å². The Morgan fingerprint density at radius 2 is 1.89 bits per heavy atom. The Kier molecular flexibility index (Phi) is 5.50. The van der Waals surface area contributed by atoms with Gasteiger partial charge in [0.1, 0.15) is 11.6 Å². The summed E-state index contributed by atoms with van der Waals surface area (Å²) in [5.74, 6) is -0.819. The van der Waals surface area contributed by atoms with E-state index in [0.29, 0.717) is 16.5 Å². The summed E-state index contributed by atoms with van der Waals surface area (Å²) in [6.45, 7) is 4.23. The molecule has 0 unspecified atom stereocenters. The standard InChI is InChI=1S/C20H24FN3O2S/c21-15-4-5-17(25)14(12-15)13-18-19(26)22-20(27-18)24-10-6-16(7-11-24)23-8-2-1-3-9-23/h4-5,12-13,16,25H,1-3,6-11H2/b18-13-. The highest BCUT2D eigenvalue weighted by Gasteiger charge is 2.31. The van der Waals surface area contributed by atoms with Gasteiger partial charge < -0.3 is 14.9 Å². The van der Waals surface area contributed by atoms with Crippen LogP contribution in [0.3, 0.4) is 0 Å². The first-order chi connectivity index (χ1) is 13.1. The molecular formula is C20H24FN3O2S. The number of piperidine rings is 2. The summed E-state index contributed by atoms with van der Waals surface area (Å²) in [5, 5.41) is 10.6. The first-order valence-electron chi connectivity index (χ1n) is 9.60. The largest absolute Gasteiger partial charge is 0.507 e. The number of amides is 1. The van der Waals surface area contributed by atoms with Gasteiger partial charge in [0.15, 0.2) is 5.17 Å². The molecule has 2 fully saturated rings. The number of carbonyl (C=O) groups excluding carboxylic acids is 1. The molecule has 4 rings (SSSR count). The van der Waals surface area contributed by atoms with Crippen molar-refractivity contribution in [2.75, 3.05) is 26.2 Å². The van der Waals surface area contributed by atoms with Crippen molar-refractivity contribution in [1.82, 2.24) is 9.80 Å². The van der Waals surface area contributed by atoms with Crippen molar-refractivity contribution in [1.29, 1.82) is 0 Å². The first kappa shape index (κ1) is 18.5. The molecule has 0 atom stereocenters. The van der Waals surface area contributed by atoms with Crippen molar-refractivity contribution >= 4 is 28.9 Å². The average molecular weight is 389 g/mol. The quantitative estimate of drug-likeness (QED) is 0.785. The van der Waals surface area contributed by atoms with E-state index in [9.17, 15) is 14.3 Å². The fourth-order valence-electron chi connectivity index (χ4n) is 4.02. The molecular weight excluding hydrogens is 365 g/mol. The number of aliphatic imine (C=N–C) groups is 1. The Morgan fingerprint density at radius 1 is 1.15 bits per heavy atom. The molecule has 0 saturated carbocycles. The molecule has 5 nitrogen and oxygen atoms in total. The Morgan fingerprint density at radius 3 is 2.63 bits per heavy atom. The van der Waals surface area contributed by atoms with Crippen LogP contribution < -0.4 is 0 Å². The van der Waals surface area contributed by atoms with Crippen molar-refractivity contribution < 1.29 is 14.3 Å². The predicted octanol–water partition coefficient (Wildman–Crippen LogP) is 3.45. The smallest absolute Gasteiger partial charge is 0.286 e. The first-order valence-corrected chi connectivity index (χ1v) is 10.4. The number of amidine groups is 1. The third-order valence-corrected chi connectivity index (χ3v) is 6.57. The zero-order chi connectivity index (χ0) is 18.8. The zero-order valence-corrected chi connectivity index (χ0v) is 16.1. The molecule has 7 heteroatoms. The van der Waals surface area contributed by atoms with Gasteiger partial charge in [-0.1, -0.05) is 6.42 Å². The monoisotopic (exact) mass is 389 g/mol. The lowest BCUT2D eigenvalue weighted by molar-refractivity contribution is -0.113. The van der Waals surface area contributed by atoms with Gasteiger partial charge in [0, 0.05) is 24.7 Å². The van der Waals surface area contributed by atoms with Crippen molar-refractivity contribution in [3.05, 3.63) is 34.5 Å². The molecule has 3 aliphatic rings. The van der Waals surface area contributed by atoms with Gasteiger partial charge in [-0.15, -0.1) is 0 Å². The Hall–Kier alpha value is -1.86. The molecule has 1 aromatic rings. The number of halogens is 1. The molecule has 0 aromatic heterocycles. The minimum atomic E-state index is -0.448. The lowest BCUT2D eigenvalue weighted by Gasteiger charge is -2.40. The number of aromatic hydroxyl groups is 1. The maximum atomic E-state index is 13.4.